The van der Waals surface area contributed by atoms with Gasteiger partial charge in [0.2, 0.25) is 0 Å². The van der Waals surface area contributed by atoms with Crippen LogP contribution in [0.3, 0.4) is 0 Å². The van der Waals surface area contributed by atoms with Crippen molar-refractivity contribution < 1.29 is 0 Å². The fourth-order valence-electron chi connectivity index (χ4n) is 3.23. The molecular formula is C16H27N3. The van der Waals surface area contributed by atoms with Crippen molar-refractivity contribution in [1.82, 2.24) is 15.2 Å². The number of hydrogen-bond acceptors (Lipinski definition) is 3. The zero-order valence-corrected chi connectivity index (χ0v) is 12.7. The lowest BCUT2D eigenvalue weighted by atomic mass is 9.86. The summed E-state index contributed by atoms with van der Waals surface area (Å²) in [7, 11) is 2.05. The topological polar surface area (TPSA) is 28.2 Å². The molecular weight excluding hydrogens is 234 g/mol. The Balaban J connectivity index is 2.21. The van der Waals surface area contributed by atoms with Crippen LogP contribution < -0.4 is 5.32 Å². The van der Waals surface area contributed by atoms with Gasteiger partial charge in [0.15, 0.2) is 0 Å². The molecule has 3 nitrogen and oxygen atoms in total. The molecule has 0 radical (unpaired) electrons. The number of hydrogen-bond donors (Lipinski definition) is 1. The van der Waals surface area contributed by atoms with Gasteiger partial charge in [-0.25, -0.2) is 0 Å². The lowest BCUT2D eigenvalue weighted by molar-refractivity contribution is 0.0632. The minimum Gasteiger partial charge on any atom is -0.311 e. The number of likely N-dealkylation sites (N-methyl/N-ethyl adjacent to an activating group) is 1. The average molecular weight is 261 g/mol. The van der Waals surface area contributed by atoms with E-state index in [1.807, 2.05) is 13.1 Å². The average Bonchev–Trinajstić information content (AvgIpc) is 2.42. The molecule has 1 fully saturated rings. The van der Waals surface area contributed by atoms with Crippen molar-refractivity contribution in [2.45, 2.75) is 51.6 Å². The maximum absolute atomic E-state index is 4.45. The maximum Gasteiger partial charge on any atom is 0.0514 e. The SMILES string of the molecule is CNC(c1ccc(C)nc1)C(C)(C)N1CCCCC1. The van der Waals surface area contributed by atoms with E-state index >= 15 is 0 Å². The zero-order chi connectivity index (χ0) is 13.9. The van der Waals surface area contributed by atoms with Crippen LogP contribution in [0.2, 0.25) is 0 Å². The Labute approximate surface area is 117 Å². The van der Waals surface area contributed by atoms with Crippen LogP contribution in [-0.4, -0.2) is 35.6 Å². The van der Waals surface area contributed by atoms with Crippen molar-refractivity contribution in [3.8, 4) is 0 Å². The summed E-state index contributed by atoms with van der Waals surface area (Å²) in [5.74, 6) is 0. The molecule has 3 heteroatoms. The lowest BCUT2D eigenvalue weighted by Crippen LogP contribution is -2.53. The molecule has 1 aliphatic heterocycles. The second kappa shape index (κ2) is 6.02. The third-order valence-electron chi connectivity index (χ3n) is 4.43. The van der Waals surface area contributed by atoms with Crippen molar-refractivity contribution in [2.75, 3.05) is 20.1 Å². The van der Waals surface area contributed by atoms with Crippen molar-refractivity contribution in [3.63, 3.8) is 0 Å². The number of likely N-dealkylation sites (tertiary alicyclic amines) is 1. The Hall–Kier alpha value is -0.930. The highest BCUT2D eigenvalue weighted by molar-refractivity contribution is 5.21. The van der Waals surface area contributed by atoms with Crippen LogP contribution in [0.15, 0.2) is 18.3 Å². The number of piperidine rings is 1. The first-order chi connectivity index (χ1) is 9.05. The summed E-state index contributed by atoms with van der Waals surface area (Å²) in [6.07, 6.45) is 6.04. The Kier molecular flexibility index (Phi) is 4.58. The van der Waals surface area contributed by atoms with E-state index in [2.05, 4.69) is 48.2 Å². The van der Waals surface area contributed by atoms with Crippen molar-refractivity contribution >= 4 is 0 Å². The minimum atomic E-state index is 0.117. The molecule has 2 heterocycles. The van der Waals surface area contributed by atoms with Gasteiger partial charge in [-0.1, -0.05) is 12.5 Å². The molecule has 0 spiro atoms. The van der Waals surface area contributed by atoms with E-state index in [1.54, 1.807) is 0 Å². The molecule has 1 N–H and O–H groups in total. The molecule has 0 aliphatic carbocycles. The van der Waals surface area contributed by atoms with Crippen LogP contribution in [0.25, 0.3) is 0 Å². The first-order valence-corrected chi connectivity index (χ1v) is 7.40. The molecule has 1 aromatic heterocycles. The molecule has 0 aromatic carbocycles. The number of nitrogens with one attached hydrogen (secondary N) is 1. The minimum absolute atomic E-state index is 0.117. The molecule has 1 atom stereocenters. The van der Waals surface area contributed by atoms with Gasteiger partial charge in [-0.15, -0.1) is 0 Å². The number of pyridine rings is 1. The number of rotatable bonds is 4. The van der Waals surface area contributed by atoms with Gasteiger partial charge >= 0.3 is 0 Å². The van der Waals surface area contributed by atoms with E-state index in [9.17, 15) is 0 Å². The second-order valence-corrected chi connectivity index (χ2v) is 6.16. The van der Waals surface area contributed by atoms with Crippen LogP contribution >= 0.6 is 0 Å². The fourth-order valence-corrected chi connectivity index (χ4v) is 3.23. The van der Waals surface area contributed by atoms with Gasteiger partial charge in [0, 0.05) is 17.4 Å². The number of aryl methyl sites for hydroxylation is 1. The number of nitrogens with zero attached hydrogens (tertiary/aromatic N) is 2. The highest BCUT2D eigenvalue weighted by Crippen LogP contribution is 2.32. The van der Waals surface area contributed by atoms with Gasteiger partial charge in [0.1, 0.15) is 0 Å². The van der Waals surface area contributed by atoms with E-state index in [1.165, 1.54) is 37.9 Å². The quantitative estimate of drug-likeness (QED) is 0.903. The summed E-state index contributed by atoms with van der Waals surface area (Å²) >= 11 is 0. The summed E-state index contributed by atoms with van der Waals surface area (Å²) in [5.41, 5.74) is 2.48. The monoisotopic (exact) mass is 261 g/mol. The Morgan fingerprint density at radius 1 is 1.21 bits per heavy atom. The normalized spacial score (nSPS) is 19.4. The van der Waals surface area contributed by atoms with Crippen molar-refractivity contribution in [1.29, 1.82) is 0 Å². The summed E-state index contributed by atoms with van der Waals surface area (Å²) in [6.45, 7) is 9.15. The molecule has 106 valence electrons. The molecule has 1 aliphatic rings. The molecule has 0 saturated carbocycles. The first kappa shape index (κ1) is 14.5. The Bertz CT molecular complexity index is 391. The predicted octanol–water partition coefficient (Wildman–Crippen LogP) is 2.92. The third-order valence-corrected chi connectivity index (χ3v) is 4.43. The largest absolute Gasteiger partial charge is 0.311 e. The van der Waals surface area contributed by atoms with Crippen LogP contribution in [-0.2, 0) is 0 Å². The first-order valence-electron chi connectivity index (χ1n) is 7.40. The fraction of sp³-hybridized carbons (Fsp3) is 0.688. The highest BCUT2D eigenvalue weighted by atomic mass is 15.2. The van der Waals surface area contributed by atoms with Gasteiger partial charge < -0.3 is 5.32 Å². The van der Waals surface area contributed by atoms with Crippen LogP contribution in [0, 0.1) is 6.92 Å². The number of aromatic nitrogens is 1. The maximum atomic E-state index is 4.45. The molecule has 0 bridgehead atoms. The highest BCUT2D eigenvalue weighted by Gasteiger charge is 2.36. The summed E-state index contributed by atoms with van der Waals surface area (Å²) in [5, 5.41) is 3.49. The van der Waals surface area contributed by atoms with Gasteiger partial charge in [0.25, 0.3) is 0 Å². The van der Waals surface area contributed by atoms with Gasteiger partial charge in [-0.3, -0.25) is 9.88 Å². The summed E-state index contributed by atoms with van der Waals surface area (Å²) < 4.78 is 0. The molecule has 1 saturated heterocycles. The predicted molar refractivity (Wildman–Crippen MR) is 80.3 cm³/mol. The van der Waals surface area contributed by atoms with E-state index in [-0.39, 0.29) is 5.54 Å². The van der Waals surface area contributed by atoms with Crippen molar-refractivity contribution in [3.05, 3.63) is 29.6 Å². The molecule has 2 rings (SSSR count). The summed E-state index contributed by atoms with van der Waals surface area (Å²) in [6, 6.07) is 4.62. The molecule has 1 aromatic rings. The van der Waals surface area contributed by atoms with Crippen molar-refractivity contribution in [2.24, 2.45) is 0 Å². The van der Waals surface area contributed by atoms with Gasteiger partial charge in [-0.05, 0) is 65.4 Å². The van der Waals surface area contributed by atoms with Crippen LogP contribution in [0.4, 0.5) is 0 Å². The third kappa shape index (κ3) is 3.15. The van der Waals surface area contributed by atoms with E-state index < -0.39 is 0 Å². The Morgan fingerprint density at radius 2 is 1.89 bits per heavy atom. The summed E-state index contributed by atoms with van der Waals surface area (Å²) in [4.78, 5) is 7.07. The zero-order valence-electron chi connectivity index (χ0n) is 12.7. The standard InChI is InChI=1S/C16H27N3/c1-13-8-9-14(12-18-13)15(17-4)16(2,3)19-10-6-5-7-11-19/h8-9,12,15,17H,5-7,10-11H2,1-4H3. The van der Waals surface area contributed by atoms with E-state index in [0.717, 1.165) is 5.69 Å². The van der Waals surface area contributed by atoms with E-state index in [4.69, 9.17) is 0 Å². The smallest absolute Gasteiger partial charge is 0.0514 e. The molecule has 1 unspecified atom stereocenters. The van der Waals surface area contributed by atoms with E-state index in [0.29, 0.717) is 6.04 Å². The van der Waals surface area contributed by atoms with Gasteiger partial charge in [-0.2, -0.15) is 0 Å². The molecule has 0 amide bonds. The lowest BCUT2D eigenvalue weighted by Gasteiger charge is -2.46. The second-order valence-electron chi connectivity index (χ2n) is 6.16. The van der Waals surface area contributed by atoms with Crippen LogP contribution in [0.1, 0.15) is 50.4 Å². The van der Waals surface area contributed by atoms with Gasteiger partial charge in [0.05, 0.1) is 6.04 Å². The van der Waals surface area contributed by atoms with Crippen LogP contribution in [0.5, 0.6) is 0 Å². The molecule has 19 heavy (non-hydrogen) atoms. The Morgan fingerprint density at radius 3 is 2.42 bits per heavy atom.